The molecule has 0 aliphatic carbocycles. The van der Waals surface area contributed by atoms with Crippen molar-refractivity contribution in [2.24, 2.45) is 11.8 Å². The Morgan fingerprint density at radius 1 is 0.933 bits per heavy atom. The van der Waals surface area contributed by atoms with Crippen molar-refractivity contribution in [3.05, 3.63) is 12.2 Å². The average molecular weight is 422 g/mol. The van der Waals surface area contributed by atoms with Gasteiger partial charge in [-0.1, -0.05) is 38.3 Å². The van der Waals surface area contributed by atoms with Crippen molar-refractivity contribution in [3.63, 3.8) is 0 Å². The number of carbonyl (C=O) groups excluding carboxylic acids is 2. The van der Waals surface area contributed by atoms with Crippen LogP contribution in [-0.2, 0) is 19.1 Å². The molecule has 2 aliphatic rings. The maximum Gasteiger partial charge on any atom is 0.303 e. The van der Waals surface area contributed by atoms with E-state index >= 15 is 0 Å². The second-order valence-corrected chi connectivity index (χ2v) is 8.76. The Bertz CT molecular complexity index is 588. The molecule has 2 fully saturated rings. The molecule has 6 heteroatoms. The summed E-state index contributed by atoms with van der Waals surface area (Å²) in [4.78, 5) is 34.7. The third kappa shape index (κ3) is 8.58. The van der Waals surface area contributed by atoms with Gasteiger partial charge in [0.15, 0.2) is 0 Å². The predicted molar refractivity (Wildman–Crippen MR) is 116 cm³/mol. The molecule has 0 radical (unpaired) electrons. The number of allylic oxidation sites excluding steroid dienone is 2. The summed E-state index contributed by atoms with van der Waals surface area (Å²) in [5.41, 5.74) is 0. The molecule has 0 aromatic heterocycles. The third-order valence-corrected chi connectivity index (χ3v) is 6.40. The average Bonchev–Trinajstić information content (AvgIpc) is 3.32. The maximum atomic E-state index is 12.2. The van der Waals surface area contributed by atoms with Gasteiger partial charge < -0.3 is 15.2 Å². The molecule has 0 saturated carbocycles. The summed E-state index contributed by atoms with van der Waals surface area (Å²) in [5, 5.41) is 11.7. The van der Waals surface area contributed by atoms with Crippen molar-refractivity contribution >= 4 is 17.7 Å². The zero-order valence-corrected chi connectivity index (χ0v) is 18.4. The first-order valence-electron chi connectivity index (χ1n) is 11.8. The van der Waals surface area contributed by atoms with E-state index in [0.717, 1.165) is 51.4 Å². The molecule has 0 aromatic carbocycles. The number of carboxylic acid groups (broad SMARTS) is 1. The van der Waals surface area contributed by atoms with E-state index < -0.39 is 5.97 Å². The minimum Gasteiger partial charge on any atom is -0.481 e. The maximum absolute atomic E-state index is 12.2. The van der Waals surface area contributed by atoms with Crippen LogP contribution in [0.25, 0.3) is 0 Å². The van der Waals surface area contributed by atoms with Crippen molar-refractivity contribution in [2.45, 2.75) is 103 Å². The molecule has 2 heterocycles. The van der Waals surface area contributed by atoms with Crippen LogP contribution in [0.3, 0.4) is 0 Å². The predicted octanol–water partition coefficient (Wildman–Crippen LogP) is 4.42. The highest BCUT2D eigenvalue weighted by atomic mass is 16.5. The van der Waals surface area contributed by atoms with Crippen molar-refractivity contribution in [3.8, 4) is 0 Å². The number of aliphatic carboxylic acids is 1. The number of rotatable bonds is 16. The van der Waals surface area contributed by atoms with Crippen LogP contribution in [0.2, 0.25) is 0 Å². The van der Waals surface area contributed by atoms with Gasteiger partial charge in [0.1, 0.15) is 5.78 Å². The van der Waals surface area contributed by atoms with Gasteiger partial charge in [-0.05, 0) is 44.4 Å². The van der Waals surface area contributed by atoms with Gasteiger partial charge in [-0.2, -0.15) is 0 Å². The van der Waals surface area contributed by atoms with Crippen molar-refractivity contribution < 1.29 is 24.2 Å². The molecule has 2 bridgehead atoms. The van der Waals surface area contributed by atoms with E-state index in [1.54, 1.807) is 0 Å². The molecule has 0 aromatic rings. The number of ketones is 1. The Morgan fingerprint density at radius 2 is 1.70 bits per heavy atom. The van der Waals surface area contributed by atoms with Gasteiger partial charge >= 0.3 is 5.97 Å². The summed E-state index contributed by atoms with van der Waals surface area (Å²) < 4.78 is 6.08. The summed E-state index contributed by atoms with van der Waals surface area (Å²) in [7, 11) is 0. The molecule has 2 N–H and O–H groups in total. The summed E-state index contributed by atoms with van der Waals surface area (Å²) >= 11 is 0. The van der Waals surface area contributed by atoms with Gasteiger partial charge in [0, 0.05) is 38.1 Å². The minimum absolute atomic E-state index is 0.0392. The zero-order valence-electron chi connectivity index (χ0n) is 18.4. The van der Waals surface area contributed by atoms with Crippen LogP contribution in [-0.4, -0.2) is 41.5 Å². The lowest BCUT2D eigenvalue weighted by atomic mass is 9.77. The van der Waals surface area contributed by atoms with E-state index in [2.05, 4.69) is 24.4 Å². The Balaban J connectivity index is 1.66. The molecule has 2 saturated heterocycles. The Labute approximate surface area is 180 Å². The van der Waals surface area contributed by atoms with Crippen LogP contribution in [0.1, 0.15) is 90.4 Å². The molecule has 0 spiro atoms. The molecule has 1 amide bonds. The second kappa shape index (κ2) is 13.6. The Kier molecular flexibility index (Phi) is 11.1. The van der Waals surface area contributed by atoms with Crippen molar-refractivity contribution in [1.29, 1.82) is 0 Å². The summed E-state index contributed by atoms with van der Waals surface area (Å²) in [6.45, 7) is 2.76. The molecule has 30 heavy (non-hydrogen) atoms. The first kappa shape index (κ1) is 24.6. The van der Waals surface area contributed by atoms with Crippen LogP contribution in [0.5, 0.6) is 0 Å². The molecule has 6 nitrogen and oxygen atoms in total. The molecule has 0 unspecified atom stereocenters. The number of unbranched alkanes of at least 4 members (excludes halogenated alkanes) is 4. The van der Waals surface area contributed by atoms with Crippen LogP contribution in [0.4, 0.5) is 0 Å². The lowest BCUT2D eigenvalue weighted by Crippen LogP contribution is -2.38. The van der Waals surface area contributed by atoms with Crippen molar-refractivity contribution in [2.75, 3.05) is 6.54 Å². The van der Waals surface area contributed by atoms with E-state index in [1.165, 1.54) is 0 Å². The molecule has 4 atom stereocenters. The molecular formula is C24H39NO5. The number of hydrogen-bond donors (Lipinski definition) is 2. The van der Waals surface area contributed by atoms with Crippen LogP contribution in [0.15, 0.2) is 12.2 Å². The standard InChI is InChI=1S/C24H39NO5/c1-2-3-4-7-10-18(26)13-16-23(27)25-17-20-19(21-14-15-22(20)30-21)11-8-5-6-9-12-24(28)29/h5,8,19-22H,2-4,6-7,9-17H2,1H3,(H,25,27)(H,28,29)/t19-,20+,21-,22+/m1/s1. The number of carboxylic acids is 1. The number of ether oxygens (including phenoxy) is 1. The van der Waals surface area contributed by atoms with Gasteiger partial charge in [-0.3, -0.25) is 14.4 Å². The Hall–Kier alpha value is -1.69. The Morgan fingerprint density at radius 3 is 2.43 bits per heavy atom. The lowest BCUT2D eigenvalue weighted by molar-refractivity contribution is -0.137. The lowest BCUT2D eigenvalue weighted by Gasteiger charge is -2.27. The SMILES string of the molecule is CCCCCCC(=O)CCC(=O)NC[C@H]1[C@@H](CC=CCCCC(=O)O)[C@H]2CC[C@@H]1O2. The van der Waals surface area contributed by atoms with E-state index in [-0.39, 0.29) is 36.7 Å². The highest BCUT2D eigenvalue weighted by molar-refractivity contribution is 5.84. The fraction of sp³-hybridized carbons (Fsp3) is 0.792. The number of Topliss-reactive ketones (excluding diaryl/α,β-unsaturated/α-hetero) is 1. The number of hydrogen-bond acceptors (Lipinski definition) is 4. The summed E-state index contributed by atoms with van der Waals surface area (Å²) in [6, 6.07) is 0. The van der Waals surface area contributed by atoms with Crippen molar-refractivity contribution in [1.82, 2.24) is 5.32 Å². The van der Waals surface area contributed by atoms with E-state index in [0.29, 0.717) is 37.6 Å². The number of nitrogens with one attached hydrogen (secondary N) is 1. The molecule has 2 aliphatic heterocycles. The first-order valence-corrected chi connectivity index (χ1v) is 11.8. The van der Waals surface area contributed by atoms with Crippen LogP contribution < -0.4 is 5.32 Å². The summed E-state index contributed by atoms with van der Waals surface area (Å²) in [6.07, 6.45) is 15.0. The summed E-state index contributed by atoms with van der Waals surface area (Å²) in [5.74, 6) is 0.123. The quantitative estimate of drug-likeness (QED) is 0.284. The van der Waals surface area contributed by atoms with Gasteiger partial charge in [-0.15, -0.1) is 0 Å². The normalized spacial score (nSPS) is 25.1. The zero-order chi connectivity index (χ0) is 21.8. The molecular weight excluding hydrogens is 382 g/mol. The third-order valence-electron chi connectivity index (χ3n) is 6.40. The van der Waals surface area contributed by atoms with Crippen LogP contribution in [0, 0.1) is 11.8 Å². The highest BCUT2D eigenvalue weighted by Crippen LogP contribution is 2.44. The largest absolute Gasteiger partial charge is 0.481 e. The fourth-order valence-corrected chi connectivity index (χ4v) is 4.67. The van der Waals surface area contributed by atoms with E-state index in [4.69, 9.17) is 9.84 Å². The van der Waals surface area contributed by atoms with Crippen LogP contribution >= 0.6 is 0 Å². The van der Waals surface area contributed by atoms with Gasteiger partial charge in [0.2, 0.25) is 5.91 Å². The second-order valence-electron chi connectivity index (χ2n) is 8.76. The topological polar surface area (TPSA) is 92.7 Å². The fourth-order valence-electron chi connectivity index (χ4n) is 4.67. The molecule has 170 valence electrons. The minimum atomic E-state index is -0.751. The van der Waals surface area contributed by atoms with Gasteiger partial charge in [0.05, 0.1) is 12.2 Å². The highest BCUT2D eigenvalue weighted by Gasteiger charge is 2.47. The number of carbonyl (C=O) groups is 3. The van der Waals surface area contributed by atoms with Gasteiger partial charge in [0.25, 0.3) is 0 Å². The number of amides is 1. The molecule has 2 rings (SSSR count). The van der Waals surface area contributed by atoms with E-state index in [1.807, 2.05) is 0 Å². The van der Waals surface area contributed by atoms with E-state index in [9.17, 15) is 14.4 Å². The first-order chi connectivity index (χ1) is 14.5. The smallest absolute Gasteiger partial charge is 0.303 e. The van der Waals surface area contributed by atoms with Gasteiger partial charge in [-0.25, -0.2) is 0 Å². The number of fused-ring (bicyclic) bond motifs is 2. The monoisotopic (exact) mass is 421 g/mol.